The number of oxime groups is 1. The maximum atomic E-state index is 11.0. The van der Waals surface area contributed by atoms with E-state index >= 15 is 0 Å². The monoisotopic (exact) mass is 265 g/mol. The van der Waals surface area contributed by atoms with Crippen molar-refractivity contribution >= 4 is 15.7 Å². The van der Waals surface area contributed by atoms with Crippen molar-refractivity contribution in [3.05, 3.63) is 0 Å². The molecule has 17 heavy (non-hydrogen) atoms. The van der Waals surface area contributed by atoms with Crippen LogP contribution in [0.15, 0.2) is 5.16 Å². The van der Waals surface area contributed by atoms with Crippen LogP contribution in [0.5, 0.6) is 0 Å². The third-order valence-electron chi connectivity index (χ3n) is 2.59. The zero-order chi connectivity index (χ0) is 12.9. The van der Waals surface area contributed by atoms with Crippen LogP contribution in [0.25, 0.3) is 0 Å². The topological polar surface area (TPSA) is 105 Å². The lowest BCUT2D eigenvalue weighted by Crippen LogP contribution is -2.48. The van der Waals surface area contributed by atoms with Gasteiger partial charge >= 0.3 is 0 Å². The van der Waals surface area contributed by atoms with Crippen molar-refractivity contribution in [2.75, 3.05) is 38.2 Å². The van der Waals surface area contributed by atoms with Crippen LogP contribution >= 0.6 is 0 Å². The molecule has 8 heteroatoms. The Balaban J connectivity index is 2.35. The molecular weight excluding hydrogens is 246 g/mol. The lowest BCUT2D eigenvalue weighted by atomic mass is 10.2. The smallest absolute Gasteiger partial charge is 0.169 e. The van der Waals surface area contributed by atoms with E-state index in [1.807, 2.05) is 0 Å². The average Bonchev–Trinajstić information content (AvgIpc) is 2.27. The van der Waals surface area contributed by atoms with Gasteiger partial charge in [-0.2, -0.15) is 0 Å². The molecule has 3 N–H and O–H groups in total. The van der Waals surface area contributed by atoms with Crippen molar-refractivity contribution in [3.8, 4) is 0 Å². The van der Waals surface area contributed by atoms with Gasteiger partial charge in [-0.3, -0.25) is 4.90 Å². The van der Waals surface area contributed by atoms with Crippen molar-refractivity contribution in [1.82, 2.24) is 4.90 Å². The first-order chi connectivity index (χ1) is 7.92. The normalized spacial score (nSPS) is 23.8. The van der Waals surface area contributed by atoms with Gasteiger partial charge in [0.1, 0.15) is 15.9 Å². The summed E-state index contributed by atoms with van der Waals surface area (Å²) >= 11 is 0. The van der Waals surface area contributed by atoms with Gasteiger partial charge < -0.3 is 15.7 Å². The van der Waals surface area contributed by atoms with Gasteiger partial charge in [-0.25, -0.2) is 8.42 Å². The molecule has 0 aromatic carbocycles. The predicted octanol–water partition coefficient (Wildman–Crippen LogP) is -1.13. The average molecular weight is 265 g/mol. The summed E-state index contributed by atoms with van der Waals surface area (Å²) in [6.45, 7) is 2.43. The molecule has 1 atom stereocenters. The first-order valence-corrected chi connectivity index (χ1v) is 7.47. The van der Waals surface area contributed by atoms with Crippen LogP contribution in [0.2, 0.25) is 0 Å². The molecule has 7 nitrogen and oxygen atoms in total. The van der Waals surface area contributed by atoms with Gasteiger partial charge in [-0.05, 0) is 13.0 Å². The van der Waals surface area contributed by atoms with Crippen molar-refractivity contribution in [1.29, 1.82) is 0 Å². The molecule has 1 aliphatic rings. The van der Waals surface area contributed by atoms with E-state index in [-0.39, 0.29) is 11.6 Å². The summed E-state index contributed by atoms with van der Waals surface area (Å²) in [7, 11) is -2.91. The molecule has 1 unspecified atom stereocenters. The molecule has 1 fully saturated rings. The number of sulfone groups is 1. The second-order valence-electron chi connectivity index (χ2n) is 4.17. The number of nitrogens with zero attached hydrogens (tertiary/aromatic N) is 2. The zero-order valence-electron chi connectivity index (χ0n) is 9.87. The van der Waals surface area contributed by atoms with E-state index in [4.69, 9.17) is 15.7 Å². The number of hydrogen-bond acceptors (Lipinski definition) is 6. The molecule has 0 radical (unpaired) electrons. The Morgan fingerprint density at radius 3 is 2.94 bits per heavy atom. The first-order valence-electron chi connectivity index (χ1n) is 5.41. The molecule has 0 saturated carbocycles. The highest BCUT2D eigenvalue weighted by molar-refractivity contribution is 7.90. The summed E-state index contributed by atoms with van der Waals surface area (Å²) in [6, 6.07) is 0. The van der Waals surface area contributed by atoms with Crippen LogP contribution in [-0.4, -0.2) is 68.7 Å². The minimum atomic E-state index is -2.91. The molecule has 1 rings (SSSR count). The van der Waals surface area contributed by atoms with Crippen LogP contribution in [0.4, 0.5) is 0 Å². The van der Waals surface area contributed by atoms with Crippen LogP contribution in [-0.2, 0) is 14.6 Å². The summed E-state index contributed by atoms with van der Waals surface area (Å²) in [4.78, 5) is 2.05. The van der Waals surface area contributed by atoms with Crippen molar-refractivity contribution < 1.29 is 18.4 Å². The molecule has 0 spiro atoms. The summed E-state index contributed by atoms with van der Waals surface area (Å²) < 4.78 is 27.3. The third kappa shape index (κ3) is 5.33. The highest BCUT2D eigenvalue weighted by Crippen LogP contribution is 2.06. The van der Waals surface area contributed by atoms with Crippen LogP contribution in [0, 0.1) is 0 Å². The Bertz CT molecular complexity index is 368. The van der Waals surface area contributed by atoms with Gasteiger partial charge in [0.15, 0.2) is 5.84 Å². The maximum Gasteiger partial charge on any atom is 0.169 e. The number of amidine groups is 1. The number of morpholine rings is 1. The SMILES string of the molecule is CS(=O)(=O)CCCN1CCOC(C(N)=NO)C1. The van der Waals surface area contributed by atoms with Crippen molar-refractivity contribution in [2.24, 2.45) is 10.9 Å². The van der Waals surface area contributed by atoms with Gasteiger partial charge in [0.05, 0.1) is 12.4 Å². The summed E-state index contributed by atoms with van der Waals surface area (Å²) in [5.74, 6) is 0.233. The minimum Gasteiger partial charge on any atom is -0.409 e. The zero-order valence-corrected chi connectivity index (χ0v) is 10.7. The van der Waals surface area contributed by atoms with Crippen LogP contribution < -0.4 is 5.73 Å². The molecule has 0 aliphatic carbocycles. The Hall–Kier alpha value is -0.860. The van der Waals surface area contributed by atoms with E-state index in [1.165, 1.54) is 6.26 Å². The standard InChI is InChI=1S/C9H19N3O4S/c1-17(14,15)6-2-3-12-4-5-16-8(7-12)9(10)11-13/h8,13H,2-7H2,1H3,(H2,10,11). The molecular formula is C9H19N3O4S. The number of hydrogen-bond donors (Lipinski definition) is 2. The van der Waals surface area contributed by atoms with Gasteiger partial charge in [0.25, 0.3) is 0 Å². The van der Waals surface area contributed by atoms with E-state index < -0.39 is 15.9 Å². The largest absolute Gasteiger partial charge is 0.409 e. The highest BCUT2D eigenvalue weighted by Gasteiger charge is 2.23. The van der Waals surface area contributed by atoms with E-state index in [0.29, 0.717) is 26.1 Å². The maximum absolute atomic E-state index is 11.0. The summed E-state index contributed by atoms with van der Waals surface area (Å²) in [5, 5.41) is 11.5. The number of nitrogens with two attached hydrogens (primary N) is 1. The minimum absolute atomic E-state index is 0.0535. The summed E-state index contributed by atoms with van der Waals surface area (Å²) in [6.07, 6.45) is 1.40. The van der Waals surface area contributed by atoms with E-state index in [1.54, 1.807) is 0 Å². The van der Waals surface area contributed by atoms with Crippen molar-refractivity contribution in [3.63, 3.8) is 0 Å². The van der Waals surface area contributed by atoms with Gasteiger partial charge in [0.2, 0.25) is 0 Å². The fraction of sp³-hybridized carbons (Fsp3) is 0.889. The molecule has 1 saturated heterocycles. The fourth-order valence-corrected chi connectivity index (χ4v) is 2.35. The molecule has 1 heterocycles. The molecule has 100 valence electrons. The van der Waals surface area contributed by atoms with Crippen molar-refractivity contribution in [2.45, 2.75) is 12.5 Å². The lowest BCUT2D eigenvalue weighted by Gasteiger charge is -2.32. The van der Waals surface area contributed by atoms with E-state index in [0.717, 1.165) is 6.54 Å². The quantitative estimate of drug-likeness (QED) is 0.282. The number of rotatable bonds is 5. The van der Waals surface area contributed by atoms with Gasteiger partial charge in [-0.15, -0.1) is 0 Å². The Kier molecular flexibility index (Phi) is 5.16. The second-order valence-corrected chi connectivity index (χ2v) is 6.43. The molecule has 0 bridgehead atoms. The molecule has 0 amide bonds. The molecule has 0 aromatic rings. The number of ether oxygens (including phenoxy) is 1. The Morgan fingerprint density at radius 1 is 1.65 bits per heavy atom. The summed E-state index contributed by atoms with van der Waals surface area (Å²) in [5.41, 5.74) is 5.46. The van der Waals surface area contributed by atoms with E-state index in [9.17, 15) is 8.42 Å². The molecule has 0 aromatic heterocycles. The highest BCUT2D eigenvalue weighted by atomic mass is 32.2. The van der Waals surface area contributed by atoms with Crippen LogP contribution in [0.3, 0.4) is 0 Å². The Labute approximate surface area is 101 Å². The van der Waals surface area contributed by atoms with Gasteiger partial charge in [0, 0.05) is 19.3 Å². The second kappa shape index (κ2) is 6.18. The Morgan fingerprint density at radius 2 is 2.35 bits per heavy atom. The van der Waals surface area contributed by atoms with Crippen LogP contribution in [0.1, 0.15) is 6.42 Å². The molecule has 1 aliphatic heterocycles. The fourth-order valence-electron chi connectivity index (χ4n) is 1.70. The third-order valence-corrected chi connectivity index (χ3v) is 3.62. The first kappa shape index (κ1) is 14.2. The van der Waals surface area contributed by atoms with Gasteiger partial charge in [-0.1, -0.05) is 5.16 Å². The lowest BCUT2D eigenvalue weighted by molar-refractivity contribution is 0.00490. The predicted molar refractivity (Wildman–Crippen MR) is 63.9 cm³/mol. The van der Waals surface area contributed by atoms with E-state index in [2.05, 4.69) is 10.1 Å².